The van der Waals surface area contributed by atoms with Crippen LogP contribution in [0.25, 0.3) is 10.2 Å². The minimum Gasteiger partial charge on any atom is -0.462 e. The van der Waals surface area contributed by atoms with Crippen LogP contribution < -0.4 is 5.48 Å². The Labute approximate surface area is 107 Å². The van der Waals surface area contributed by atoms with Crippen LogP contribution in [-0.2, 0) is 4.74 Å². The molecule has 0 bridgehead atoms. The summed E-state index contributed by atoms with van der Waals surface area (Å²) < 4.78 is 5.76. The van der Waals surface area contributed by atoms with Crippen LogP contribution in [0.5, 0.6) is 0 Å². The molecule has 2 aromatic rings. The van der Waals surface area contributed by atoms with Crippen LogP contribution in [-0.4, -0.2) is 29.1 Å². The number of rotatable bonds is 4. The van der Waals surface area contributed by atoms with Crippen LogP contribution in [0.4, 0.5) is 5.13 Å². The van der Waals surface area contributed by atoms with Gasteiger partial charge in [0.05, 0.1) is 22.4 Å². The van der Waals surface area contributed by atoms with Gasteiger partial charge in [-0.05, 0) is 25.1 Å². The van der Waals surface area contributed by atoms with E-state index in [2.05, 4.69) is 9.98 Å². The van der Waals surface area contributed by atoms with Gasteiger partial charge in [0.25, 0.3) is 0 Å². The lowest BCUT2D eigenvalue weighted by molar-refractivity contribution is 0.0526. The molecule has 2 N–H and O–H groups in total. The number of hydrogen-bond donors (Lipinski definition) is 2. The fraction of sp³-hybridized carbons (Fsp3) is 0.182. The lowest BCUT2D eigenvalue weighted by Crippen LogP contribution is -2.03. The van der Waals surface area contributed by atoms with Crippen molar-refractivity contribution in [1.82, 2.24) is 10.5 Å². The van der Waals surface area contributed by atoms with Gasteiger partial charge in [0, 0.05) is 0 Å². The summed E-state index contributed by atoms with van der Waals surface area (Å²) in [5, 5.41) is 8.89. The fourth-order valence-corrected chi connectivity index (χ4v) is 2.24. The number of aliphatic imine (C=N–C) groups is 1. The molecule has 0 aliphatic rings. The topological polar surface area (TPSA) is 83.8 Å². The van der Waals surface area contributed by atoms with Crippen LogP contribution in [0.2, 0.25) is 0 Å². The van der Waals surface area contributed by atoms with Gasteiger partial charge in [-0.2, -0.15) is 0 Å². The van der Waals surface area contributed by atoms with Gasteiger partial charge in [-0.1, -0.05) is 11.3 Å². The molecule has 0 spiro atoms. The molecule has 6 nitrogen and oxygen atoms in total. The summed E-state index contributed by atoms with van der Waals surface area (Å²) in [5.41, 5.74) is 3.05. The Hall–Kier alpha value is -1.99. The summed E-state index contributed by atoms with van der Waals surface area (Å²) in [6, 6.07) is 5.12. The standard InChI is InChI=1S/C11H11N3O3S/c1-2-17-10(15)7-3-4-8-9(5-7)18-11(14-8)12-6-13-16/h3-6,16H,2H2,1H3,(H,12,13,14). The molecule has 94 valence electrons. The lowest BCUT2D eigenvalue weighted by atomic mass is 10.2. The first-order valence-electron chi connectivity index (χ1n) is 5.24. The van der Waals surface area contributed by atoms with E-state index in [0.29, 0.717) is 17.3 Å². The van der Waals surface area contributed by atoms with Crippen molar-refractivity contribution in [2.24, 2.45) is 4.99 Å². The second-order valence-electron chi connectivity index (χ2n) is 3.29. The van der Waals surface area contributed by atoms with Crippen molar-refractivity contribution in [3.8, 4) is 0 Å². The first-order chi connectivity index (χ1) is 8.74. The highest BCUT2D eigenvalue weighted by atomic mass is 32.1. The second-order valence-corrected chi connectivity index (χ2v) is 4.30. The minimum absolute atomic E-state index is 0.345. The molecule has 0 aliphatic heterocycles. The molecule has 2 rings (SSSR count). The van der Waals surface area contributed by atoms with E-state index in [-0.39, 0.29) is 5.97 Å². The Kier molecular flexibility index (Phi) is 3.85. The average Bonchev–Trinajstić information content (AvgIpc) is 2.78. The number of aromatic nitrogens is 1. The highest BCUT2D eigenvalue weighted by molar-refractivity contribution is 7.22. The molecule has 7 heteroatoms. The maximum atomic E-state index is 11.6. The molecule has 0 fully saturated rings. The molecule has 0 saturated carbocycles. The van der Waals surface area contributed by atoms with Crippen molar-refractivity contribution >= 4 is 39.0 Å². The molecule has 0 unspecified atom stereocenters. The van der Waals surface area contributed by atoms with Gasteiger partial charge >= 0.3 is 5.97 Å². The van der Waals surface area contributed by atoms with E-state index >= 15 is 0 Å². The Morgan fingerprint density at radius 2 is 2.50 bits per heavy atom. The molecule has 0 saturated heterocycles. The lowest BCUT2D eigenvalue weighted by Gasteiger charge is -2.00. The van der Waals surface area contributed by atoms with Crippen LogP contribution >= 0.6 is 11.3 Å². The Bertz CT molecular complexity index is 594. The smallest absolute Gasteiger partial charge is 0.338 e. The van der Waals surface area contributed by atoms with E-state index in [4.69, 9.17) is 9.94 Å². The number of hydrogen-bond acceptors (Lipinski definition) is 6. The zero-order valence-corrected chi connectivity index (χ0v) is 10.4. The zero-order chi connectivity index (χ0) is 13.0. The third-order valence-electron chi connectivity index (χ3n) is 2.12. The van der Waals surface area contributed by atoms with Crippen LogP contribution in [0.1, 0.15) is 17.3 Å². The van der Waals surface area contributed by atoms with Gasteiger partial charge in [0.15, 0.2) is 0 Å². The van der Waals surface area contributed by atoms with Crippen molar-refractivity contribution in [2.45, 2.75) is 6.92 Å². The van der Waals surface area contributed by atoms with Crippen molar-refractivity contribution in [3.05, 3.63) is 23.8 Å². The van der Waals surface area contributed by atoms with Crippen LogP contribution in [0, 0.1) is 0 Å². The molecule has 0 atom stereocenters. The SMILES string of the molecule is CCOC(=O)c1ccc2nc(/N=C/NO)sc2c1. The number of benzene rings is 1. The minimum atomic E-state index is -0.352. The molecule has 0 amide bonds. The van der Waals surface area contributed by atoms with E-state index < -0.39 is 0 Å². The first-order valence-corrected chi connectivity index (χ1v) is 6.06. The highest BCUT2D eigenvalue weighted by Crippen LogP contribution is 2.28. The van der Waals surface area contributed by atoms with Crippen molar-refractivity contribution in [3.63, 3.8) is 0 Å². The number of carbonyl (C=O) groups is 1. The number of hydroxylamine groups is 1. The molecular weight excluding hydrogens is 254 g/mol. The molecule has 0 radical (unpaired) electrons. The van der Waals surface area contributed by atoms with Gasteiger partial charge in [-0.25, -0.2) is 14.8 Å². The van der Waals surface area contributed by atoms with Crippen molar-refractivity contribution in [2.75, 3.05) is 6.61 Å². The third-order valence-corrected chi connectivity index (χ3v) is 3.05. The summed E-state index contributed by atoms with van der Waals surface area (Å²) in [6.07, 6.45) is 1.13. The van der Waals surface area contributed by atoms with Gasteiger partial charge in [0.1, 0.15) is 6.34 Å². The zero-order valence-electron chi connectivity index (χ0n) is 9.58. The monoisotopic (exact) mass is 265 g/mol. The largest absolute Gasteiger partial charge is 0.462 e. The number of ether oxygens (including phenoxy) is 1. The van der Waals surface area contributed by atoms with E-state index in [0.717, 1.165) is 16.6 Å². The van der Waals surface area contributed by atoms with E-state index in [1.165, 1.54) is 11.3 Å². The number of nitrogens with one attached hydrogen (secondary N) is 1. The van der Waals surface area contributed by atoms with Crippen LogP contribution in [0.15, 0.2) is 23.2 Å². The van der Waals surface area contributed by atoms with E-state index in [9.17, 15) is 4.79 Å². The van der Waals surface area contributed by atoms with Crippen molar-refractivity contribution < 1.29 is 14.7 Å². The quantitative estimate of drug-likeness (QED) is 0.383. The van der Waals surface area contributed by atoms with Gasteiger partial charge in [-0.3, -0.25) is 10.7 Å². The first kappa shape index (κ1) is 12.5. The fourth-order valence-electron chi connectivity index (χ4n) is 1.39. The molecule has 0 aliphatic carbocycles. The Balaban J connectivity index is 2.33. The Morgan fingerprint density at radius 1 is 1.67 bits per heavy atom. The summed E-state index contributed by atoms with van der Waals surface area (Å²) >= 11 is 1.32. The molecule has 1 heterocycles. The van der Waals surface area contributed by atoms with E-state index in [1.54, 1.807) is 25.1 Å². The molecular formula is C11H11N3O3S. The molecule has 18 heavy (non-hydrogen) atoms. The number of esters is 1. The number of nitrogens with zero attached hydrogens (tertiary/aromatic N) is 2. The van der Waals surface area contributed by atoms with Gasteiger partial charge in [0.2, 0.25) is 5.13 Å². The van der Waals surface area contributed by atoms with Gasteiger partial charge in [-0.15, -0.1) is 0 Å². The normalized spacial score (nSPS) is 11.0. The molecule has 1 aromatic carbocycles. The summed E-state index contributed by atoms with van der Waals surface area (Å²) in [5.74, 6) is -0.352. The van der Waals surface area contributed by atoms with E-state index in [1.807, 2.05) is 5.48 Å². The summed E-state index contributed by atoms with van der Waals surface area (Å²) in [7, 11) is 0. The number of thiazole rings is 1. The molecule has 1 aromatic heterocycles. The summed E-state index contributed by atoms with van der Waals surface area (Å²) in [6.45, 7) is 2.11. The predicted molar refractivity (Wildman–Crippen MR) is 68.7 cm³/mol. The maximum Gasteiger partial charge on any atom is 0.338 e. The second kappa shape index (κ2) is 5.56. The maximum absolute atomic E-state index is 11.6. The predicted octanol–water partition coefficient (Wildman–Crippen LogP) is 2.11. The van der Waals surface area contributed by atoms with Crippen LogP contribution in [0.3, 0.4) is 0 Å². The third kappa shape index (κ3) is 2.63. The van der Waals surface area contributed by atoms with Gasteiger partial charge < -0.3 is 4.74 Å². The highest BCUT2D eigenvalue weighted by Gasteiger charge is 2.09. The number of fused-ring (bicyclic) bond motifs is 1. The number of carbonyl (C=O) groups excluding carboxylic acids is 1. The average molecular weight is 265 g/mol. The summed E-state index contributed by atoms with van der Waals surface area (Å²) in [4.78, 5) is 19.6. The Morgan fingerprint density at radius 3 is 3.22 bits per heavy atom. The van der Waals surface area contributed by atoms with Crippen molar-refractivity contribution in [1.29, 1.82) is 0 Å².